The van der Waals surface area contributed by atoms with Crippen LogP contribution < -0.4 is 5.32 Å². The van der Waals surface area contributed by atoms with Crippen molar-refractivity contribution in [2.45, 2.75) is 17.1 Å². The molecular formula is C20H16F4N4O3S. The minimum absolute atomic E-state index is 0.0857. The maximum absolute atomic E-state index is 13.7. The molecule has 1 atom stereocenters. The molecule has 0 saturated heterocycles. The maximum Gasteiger partial charge on any atom is 0.416 e. The molecule has 168 valence electrons. The molecule has 0 saturated carbocycles. The summed E-state index contributed by atoms with van der Waals surface area (Å²) in [5.74, 6) is -0.968. The second-order valence-corrected chi connectivity index (χ2v) is 7.70. The monoisotopic (exact) mass is 468 g/mol. The van der Waals surface area contributed by atoms with E-state index in [1.54, 1.807) is 23.9 Å². The summed E-state index contributed by atoms with van der Waals surface area (Å²) in [5.41, 5.74) is -1.47. The Morgan fingerprint density at radius 1 is 1.28 bits per heavy atom. The van der Waals surface area contributed by atoms with Crippen molar-refractivity contribution < 1.29 is 27.3 Å². The number of hydrogen-bond donors (Lipinski definition) is 1. The average Bonchev–Trinajstić information content (AvgIpc) is 3.15. The Kier molecular flexibility index (Phi) is 6.82. The van der Waals surface area contributed by atoms with Crippen molar-refractivity contribution >= 4 is 23.4 Å². The van der Waals surface area contributed by atoms with Crippen molar-refractivity contribution in [3.8, 4) is 0 Å². The fraction of sp³-hybridized carbons (Fsp3) is 0.200. The molecule has 0 aliphatic rings. The number of aromatic nitrogens is 2. The Morgan fingerprint density at radius 3 is 2.62 bits per heavy atom. The first kappa shape index (κ1) is 23.3. The van der Waals surface area contributed by atoms with Gasteiger partial charge in [0.1, 0.15) is 17.7 Å². The third-order valence-electron chi connectivity index (χ3n) is 4.45. The molecule has 12 heteroatoms. The summed E-state index contributed by atoms with van der Waals surface area (Å²) in [5, 5.41) is 13.9. The van der Waals surface area contributed by atoms with E-state index >= 15 is 0 Å². The molecule has 2 aromatic carbocycles. The molecule has 0 fully saturated rings. The number of nitro groups is 1. The number of alkyl halides is 3. The minimum Gasteiger partial charge on any atom is -0.341 e. The number of rotatable bonds is 7. The minimum atomic E-state index is -4.73. The highest BCUT2D eigenvalue weighted by Gasteiger charge is 2.33. The first-order valence-corrected chi connectivity index (χ1v) is 10.1. The third kappa shape index (κ3) is 5.44. The van der Waals surface area contributed by atoms with Gasteiger partial charge in [0.15, 0.2) is 0 Å². The average molecular weight is 468 g/mol. The molecule has 0 spiro atoms. The van der Waals surface area contributed by atoms with Gasteiger partial charge in [-0.2, -0.15) is 13.2 Å². The van der Waals surface area contributed by atoms with Crippen LogP contribution >= 0.6 is 11.8 Å². The van der Waals surface area contributed by atoms with Crippen molar-refractivity contribution in [1.82, 2.24) is 14.9 Å². The van der Waals surface area contributed by atoms with E-state index in [4.69, 9.17) is 0 Å². The van der Waals surface area contributed by atoms with Gasteiger partial charge in [-0.25, -0.2) is 9.37 Å². The van der Waals surface area contributed by atoms with Crippen molar-refractivity contribution in [1.29, 1.82) is 0 Å². The van der Waals surface area contributed by atoms with Gasteiger partial charge in [0.2, 0.25) is 5.91 Å². The van der Waals surface area contributed by atoms with E-state index in [9.17, 15) is 32.5 Å². The smallest absolute Gasteiger partial charge is 0.341 e. The highest BCUT2D eigenvalue weighted by molar-refractivity contribution is 8.00. The Balaban J connectivity index is 1.79. The van der Waals surface area contributed by atoms with E-state index in [1.807, 2.05) is 0 Å². The number of benzene rings is 2. The molecular weight excluding hydrogens is 452 g/mol. The molecule has 1 aromatic heterocycles. The fourth-order valence-corrected chi connectivity index (χ4v) is 3.76. The number of carbonyl (C=O) groups is 1. The number of nitro benzene ring substituents is 1. The van der Waals surface area contributed by atoms with Crippen LogP contribution in [0, 0.1) is 15.9 Å². The van der Waals surface area contributed by atoms with Crippen LogP contribution in [0.2, 0.25) is 0 Å². The molecule has 3 aromatic rings. The topological polar surface area (TPSA) is 90.1 Å². The number of halogens is 4. The molecule has 3 rings (SSSR count). The van der Waals surface area contributed by atoms with E-state index in [0.717, 1.165) is 23.9 Å². The van der Waals surface area contributed by atoms with Gasteiger partial charge >= 0.3 is 6.18 Å². The predicted molar refractivity (Wildman–Crippen MR) is 108 cm³/mol. The van der Waals surface area contributed by atoms with Gasteiger partial charge in [0, 0.05) is 25.5 Å². The number of carbonyl (C=O) groups excluding carboxylic acids is 1. The number of imidazole rings is 1. The number of thioether (sulfide) groups is 1. The highest BCUT2D eigenvalue weighted by atomic mass is 32.2. The number of aryl methyl sites for hydroxylation is 1. The summed E-state index contributed by atoms with van der Waals surface area (Å²) >= 11 is 0.722. The molecule has 1 unspecified atom stereocenters. The van der Waals surface area contributed by atoms with Gasteiger partial charge in [-0.15, -0.1) is 11.8 Å². The first-order valence-electron chi connectivity index (χ1n) is 9.06. The van der Waals surface area contributed by atoms with Gasteiger partial charge in [0.25, 0.3) is 5.69 Å². The molecule has 0 aliphatic heterocycles. The van der Waals surface area contributed by atoms with E-state index in [-0.39, 0.29) is 10.6 Å². The van der Waals surface area contributed by atoms with Gasteiger partial charge in [-0.05, 0) is 29.8 Å². The largest absolute Gasteiger partial charge is 0.416 e. The predicted octanol–water partition coefficient (Wildman–Crippen LogP) is 4.48. The standard InChI is InChI=1S/C20H16F4N4O3S/c1-27-8-7-25-19(27)18(12-3-2-4-14(21)9-12)26-17(29)11-32-16-6-5-13(20(22,23)24)10-15(16)28(30)31/h2-10,18H,11H2,1H3,(H,26,29). The van der Waals surface area contributed by atoms with Crippen LogP contribution in [-0.4, -0.2) is 26.1 Å². The van der Waals surface area contributed by atoms with Crippen LogP contribution in [0.5, 0.6) is 0 Å². The molecule has 0 aliphatic carbocycles. The lowest BCUT2D eigenvalue weighted by atomic mass is 10.1. The lowest BCUT2D eigenvalue weighted by molar-refractivity contribution is -0.388. The number of nitrogens with one attached hydrogen (secondary N) is 1. The quantitative estimate of drug-likeness (QED) is 0.239. The number of amides is 1. The van der Waals surface area contributed by atoms with E-state index in [0.29, 0.717) is 17.5 Å². The lowest BCUT2D eigenvalue weighted by Crippen LogP contribution is -2.32. The Bertz CT molecular complexity index is 1150. The third-order valence-corrected chi connectivity index (χ3v) is 5.51. The van der Waals surface area contributed by atoms with Crippen LogP contribution in [0.4, 0.5) is 23.2 Å². The van der Waals surface area contributed by atoms with Crippen molar-refractivity contribution in [2.75, 3.05) is 5.75 Å². The lowest BCUT2D eigenvalue weighted by Gasteiger charge is -2.19. The zero-order valence-corrected chi connectivity index (χ0v) is 17.3. The van der Waals surface area contributed by atoms with Gasteiger partial charge < -0.3 is 9.88 Å². The SMILES string of the molecule is Cn1ccnc1C(NC(=O)CSc1ccc(C(F)(F)F)cc1[N+](=O)[O-])c1cccc(F)c1. The van der Waals surface area contributed by atoms with Crippen LogP contribution in [0.25, 0.3) is 0 Å². The van der Waals surface area contributed by atoms with Crippen LogP contribution in [0.3, 0.4) is 0 Å². The van der Waals surface area contributed by atoms with Gasteiger partial charge in [-0.3, -0.25) is 14.9 Å². The normalized spacial score (nSPS) is 12.4. The van der Waals surface area contributed by atoms with E-state index in [1.165, 1.54) is 24.4 Å². The zero-order chi connectivity index (χ0) is 23.5. The Hall–Kier alpha value is -3.41. The first-order chi connectivity index (χ1) is 15.1. The number of hydrogen-bond acceptors (Lipinski definition) is 5. The Labute approximate surface area is 183 Å². The number of nitrogens with zero attached hydrogens (tertiary/aromatic N) is 3. The summed E-state index contributed by atoms with van der Waals surface area (Å²) in [6, 6.07) is 6.89. The summed E-state index contributed by atoms with van der Waals surface area (Å²) in [7, 11) is 1.70. The summed E-state index contributed by atoms with van der Waals surface area (Å²) in [4.78, 5) is 27.0. The van der Waals surface area contributed by atoms with E-state index in [2.05, 4.69) is 10.3 Å². The highest BCUT2D eigenvalue weighted by Crippen LogP contribution is 2.36. The molecule has 32 heavy (non-hydrogen) atoms. The maximum atomic E-state index is 13.7. The zero-order valence-electron chi connectivity index (χ0n) is 16.5. The molecule has 1 heterocycles. The van der Waals surface area contributed by atoms with Crippen LogP contribution in [-0.2, 0) is 18.0 Å². The molecule has 1 amide bonds. The second kappa shape index (κ2) is 9.39. The van der Waals surface area contributed by atoms with Crippen LogP contribution in [0.1, 0.15) is 23.0 Å². The molecule has 1 N–H and O–H groups in total. The second-order valence-electron chi connectivity index (χ2n) is 6.68. The van der Waals surface area contributed by atoms with Crippen molar-refractivity contribution in [3.63, 3.8) is 0 Å². The van der Waals surface area contributed by atoms with Gasteiger partial charge in [-0.1, -0.05) is 12.1 Å². The summed E-state index contributed by atoms with van der Waals surface area (Å²) < 4.78 is 53.9. The fourth-order valence-electron chi connectivity index (χ4n) is 2.94. The summed E-state index contributed by atoms with van der Waals surface area (Å²) in [6.07, 6.45) is -1.58. The molecule has 0 bridgehead atoms. The van der Waals surface area contributed by atoms with Crippen molar-refractivity contribution in [2.24, 2.45) is 7.05 Å². The van der Waals surface area contributed by atoms with Crippen molar-refractivity contribution in [3.05, 3.63) is 87.7 Å². The Morgan fingerprint density at radius 2 is 2.03 bits per heavy atom. The molecule has 0 radical (unpaired) electrons. The van der Waals surface area contributed by atoms with Crippen LogP contribution in [0.15, 0.2) is 59.8 Å². The molecule has 7 nitrogen and oxygen atoms in total. The van der Waals surface area contributed by atoms with Gasteiger partial charge in [0.05, 0.1) is 21.1 Å². The van der Waals surface area contributed by atoms with E-state index < -0.39 is 40.1 Å². The summed E-state index contributed by atoms with van der Waals surface area (Å²) in [6.45, 7) is 0.